The zero-order valence-corrected chi connectivity index (χ0v) is 23.3. The molecule has 40 heavy (non-hydrogen) atoms. The van der Waals surface area contributed by atoms with E-state index in [1.54, 1.807) is 26.2 Å². The van der Waals surface area contributed by atoms with Crippen LogP contribution >= 0.6 is 0 Å². The molecule has 0 radical (unpaired) electrons. The summed E-state index contributed by atoms with van der Waals surface area (Å²) in [6.07, 6.45) is 6.35. The van der Waals surface area contributed by atoms with Crippen molar-refractivity contribution >= 4 is 28.6 Å². The van der Waals surface area contributed by atoms with Gasteiger partial charge in [-0.1, -0.05) is 38.0 Å². The maximum atomic E-state index is 16.0. The number of aromatic nitrogens is 2. The molecule has 2 amide bonds. The predicted molar refractivity (Wildman–Crippen MR) is 153 cm³/mol. The van der Waals surface area contributed by atoms with E-state index >= 15 is 8.78 Å². The van der Waals surface area contributed by atoms with Gasteiger partial charge in [-0.25, -0.2) is 13.8 Å². The number of imidazole rings is 1. The minimum atomic E-state index is -0.877. The van der Waals surface area contributed by atoms with Crippen LogP contribution in [0.5, 0.6) is 0 Å². The second kappa shape index (κ2) is 12.4. The lowest BCUT2D eigenvalue weighted by atomic mass is 9.79. The van der Waals surface area contributed by atoms with Crippen LogP contribution in [-0.2, 0) is 4.79 Å². The maximum Gasteiger partial charge on any atom is 0.270 e. The lowest BCUT2D eigenvalue weighted by molar-refractivity contribution is -0.116. The number of amides is 2. The number of hydrogen-bond acceptors (Lipinski definition) is 5. The van der Waals surface area contributed by atoms with Gasteiger partial charge in [-0.05, 0) is 49.9 Å². The summed E-state index contributed by atoms with van der Waals surface area (Å²) >= 11 is 0. The number of fused-ring (bicyclic) bond motifs is 1. The van der Waals surface area contributed by atoms with E-state index in [-0.39, 0.29) is 45.3 Å². The third-order valence-corrected chi connectivity index (χ3v) is 7.45. The molecule has 0 aliphatic heterocycles. The number of H-pyrrole nitrogens is 1. The molecule has 1 aliphatic carbocycles. The van der Waals surface area contributed by atoms with Crippen molar-refractivity contribution in [3.05, 3.63) is 65.6 Å². The molecule has 10 heteroatoms. The highest BCUT2D eigenvalue weighted by Gasteiger charge is 2.32. The van der Waals surface area contributed by atoms with Crippen LogP contribution < -0.4 is 11.1 Å². The highest BCUT2D eigenvalue weighted by atomic mass is 19.1. The van der Waals surface area contributed by atoms with E-state index in [0.29, 0.717) is 18.3 Å². The van der Waals surface area contributed by atoms with E-state index in [1.807, 2.05) is 6.92 Å². The Morgan fingerprint density at radius 3 is 2.58 bits per heavy atom. The van der Waals surface area contributed by atoms with Gasteiger partial charge >= 0.3 is 0 Å². The molecule has 0 bridgehead atoms. The molecule has 212 valence electrons. The van der Waals surface area contributed by atoms with Crippen LogP contribution in [0.2, 0.25) is 0 Å². The number of aliphatic imine (C=N–C) groups is 1. The maximum absolute atomic E-state index is 16.0. The minimum Gasteiger partial charge on any atom is -0.405 e. The number of carbonyl (C=O) groups excluding carboxylic acids is 2. The predicted octanol–water partition coefficient (Wildman–Crippen LogP) is 5.13. The number of hydrogen-bond donors (Lipinski definition) is 3. The molecule has 1 aliphatic rings. The second-order valence-corrected chi connectivity index (χ2v) is 10.5. The molecule has 8 nitrogen and oxygen atoms in total. The molecular formula is C30H36F2N6O2. The Kier molecular flexibility index (Phi) is 8.96. The van der Waals surface area contributed by atoms with Crippen molar-refractivity contribution in [1.29, 1.82) is 0 Å². The highest BCUT2D eigenvalue weighted by molar-refractivity contribution is 6.43. The zero-order valence-electron chi connectivity index (χ0n) is 23.3. The molecule has 4 rings (SSSR count). The summed E-state index contributed by atoms with van der Waals surface area (Å²) in [5, 5.41) is 3.03. The fourth-order valence-corrected chi connectivity index (χ4v) is 5.33. The summed E-state index contributed by atoms with van der Waals surface area (Å²) in [5.74, 6) is -1.55. The zero-order chi connectivity index (χ0) is 29.0. The van der Waals surface area contributed by atoms with Gasteiger partial charge in [-0.15, -0.1) is 0 Å². The molecule has 1 aromatic heterocycles. The second-order valence-electron chi connectivity index (χ2n) is 10.5. The van der Waals surface area contributed by atoms with E-state index < -0.39 is 23.6 Å². The van der Waals surface area contributed by atoms with Crippen molar-refractivity contribution in [3.8, 4) is 11.1 Å². The van der Waals surface area contributed by atoms with Gasteiger partial charge in [0.15, 0.2) is 5.82 Å². The van der Waals surface area contributed by atoms with Crippen molar-refractivity contribution in [3.63, 3.8) is 0 Å². The average molecular weight is 551 g/mol. The first kappa shape index (κ1) is 28.9. The van der Waals surface area contributed by atoms with E-state index in [2.05, 4.69) is 27.2 Å². The number of benzene rings is 2. The van der Waals surface area contributed by atoms with Gasteiger partial charge in [-0.3, -0.25) is 14.6 Å². The third kappa shape index (κ3) is 5.90. The number of nitrogens with one attached hydrogen (secondary N) is 2. The highest BCUT2D eigenvalue weighted by Crippen LogP contribution is 2.38. The number of halogens is 2. The summed E-state index contributed by atoms with van der Waals surface area (Å²) in [6.45, 7) is 4.41. The van der Waals surface area contributed by atoms with Crippen LogP contribution in [-0.4, -0.2) is 53.0 Å². The van der Waals surface area contributed by atoms with Crippen molar-refractivity contribution in [2.75, 3.05) is 20.6 Å². The quantitative estimate of drug-likeness (QED) is 0.337. The van der Waals surface area contributed by atoms with Gasteiger partial charge in [0.25, 0.3) is 11.8 Å². The molecule has 2 aromatic carbocycles. The fourth-order valence-electron chi connectivity index (χ4n) is 5.33. The van der Waals surface area contributed by atoms with Crippen LogP contribution in [0, 0.1) is 23.5 Å². The molecule has 0 spiro atoms. The van der Waals surface area contributed by atoms with Crippen LogP contribution in [0.25, 0.3) is 22.2 Å². The summed E-state index contributed by atoms with van der Waals surface area (Å²) in [6, 6.07) is 6.94. The number of carbonyl (C=O) groups is 2. The summed E-state index contributed by atoms with van der Waals surface area (Å²) in [5.41, 5.74) is 5.80. The smallest absolute Gasteiger partial charge is 0.270 e. The van der Waals surface area contributed by atoms with Gasteiger partial charge in [-0.2, -0.15) is 0 Å². The van der Waals surface area contributed by atoms with Gasteiger partial charge in [0.05, 0.1) is 17.1 Å². The molecule has 4 N–H and O–H groups in total. The first-order chi connectivity index (χ1) is 19.2. The topological polar surface area (TPSA) is 116 Å². The minimum absolute atomic E-state index is 0.0382. The summed E-state index contributed by atoms with van der Waals surface area (Å²) in [4.78, 5) is 39.2. The Balaban J connectivity index is 1.81. The molecule has 1 fully saturated rings. The Morgan fingerprint density at radius 2 is 1.93 bits per heavy atom. The fraction of sp³-hybridized carbons (Fsp3) is 0.400. The monoisotopic (exact) mass is 550 g/mol. The Bertz CT molecular complexity index is 1450. The largest absolute Gasteiger partial charge is 0.405 e. The molecule has 1 atom stereocenters. The molecule has 1 saturated carbocycles. The van der Waals surface area contributed by atoms with Crippen LogP contribution in [0.15, 0.2) is 47.6 Å². The standard InChI is InChI=1S/C30H36F2N6O2/c1-5-34-22(14-15-33)29(39)37-26(18-12-10-17(2)11-13-18)28-35-23-16-21(31)24(25(32)27(23)36-28)19-8-6-7-9-20(19)30(40)38(3)4/h6-9,14-18,26H,5,10-13,33H2,1-4H3,(H,35,36)(H,37,39). The van der Waals surface area contributed by atoms with Crippen molar-refractivity contribution in [1.82, 2.24) is 20.2 Å². The third-order valence-electron chi connectivity index (χ3n) is 7.45. The molecule has 3 aromatic rings. The Hall–Kier alpha value is -4.08. The van der Waals surface area contributed by atoms with Gasteiger partial charge in [0.2, 0.25) is 0 Å². The Morgan fingerprint density at radius 1 is 1.23 bits per heavy atom. The lowest BCUT2D eigenvalue weighted by Crippen LogP contribution is -2.39. The average Bonchev–Trinajstić information content (AvgIpc) is 3.36. The summed E-state index contributed by atoms with van der Waals surface area (Å²) < 4.78 is 31.5. The van der Waals surface area contributed by atoms with E-state index in [9.17, 15) is 9.59 Å². The van der Waals surface area contributed by atoms with E-state index in [4.69, 9.17) is 5.73 Å². The van der Waals surface area contributed by atoms with Crippen molar-refractivity contribution < 1.29 is 18.4 Å². The number of nitrogens with zero attached hydrogens (tertiary/aromatic N) is 3. The first-order valence-corrected chi connectivity index (χ1v) is 13.6. The van der Waals surface area contributed by atoms with Gasteiger partial charge < -0.3 is 20.9 Å². The lowest BCUT2D eigenvalue weighted by Gasteiger charge is -2.32. The van der Waals surface area contributed by atoms with Crippen LogP contribution in [0.4, 0.5) is 8.78 Å². The number of nitrogens with two attached hydrogens (primary N) is 1. The SMILES string of the molecule is CCN=C(C=CN)C(=O)NC(c1nc2c(F)c(-c3ccccc3C(=O)N(C)C)c(F)cc2[nH]1)C1CCC(C)CC1. The van der Waals surface area contributed by atoms with Crippen molar-refractivity contribution in [2.24, 2.45) is 22.6 Å². The Labute approximate surface area is 232 Å². The molecule has 1 unspecified atom stereocenters. The van der Waals surface area contributed by atoms with Gasteiger partial charge in [0, 0.05) is 37.8 Å². The molecule has 0 saturated heterocycles. The van der Waals surface area contributed by atoms with Crippen LogP contribution in [0.1, 0.15) is 61.8 Å². The number of rotatable bonds is 8. The normalized spacial score (nSPS) is 18.7. The van der Waals surface area contributed by atoms with E-state index in [0.717, 1.165) is 25.7 Å². The number of aromatic amines is 1. The van der Waals surface area contributed by atoms with E-state index in [1.165, 1.54) is 35.4 Å². The van der Waals surface area contributed by atoms with Crippen LogP contribution in [0.3, 0.4) is 0 Å². The van der Waals surface area contributed by atoms with Gasteiger partial charge in [0.1, 0.15) is 22.9 Å². The molecule has 1 heterocycles. The molecular weight excluding hydrogens is 514 g/mol. The first-order valence-electron chi connectivity index (χ1n) is 13.6. The van der Waals surface area contributed by atoms with Crippen molar-refractivity contribution in [2.45, 2.75) is 45.6 Å². The summed E-state index contributed by atoms with van der Waals surface area (Å²) in [7, 11) is 3.16.